The van der Waals surface area contributed by atoms with Gasteiger partial charge in [-0.25, -0.2) is 0 Å². The number of rotatable bonds is 7. The molecule has 0 aliphatic rings. The molecule has 0 amide bonds. The smallest absolute Gasteiger partial charge is 0.293 e. The Bertz CT molecular complexity index is 687. The SMILES string of the molecule is CCc1cc(NCCOc2ccc(C)cc2)c([N+](=O)[O-])cc1Cl. The number of benzene rings is 2. The summed E-state index contributed by atoms with van der Waals surface area (Å²) in [5.41, 5.74) is 2.48. The molecule has 0 aliphatic carbocycles. The van der Waals surface area contributed by atoms with Gasteiger partial charge in [0.2, 0.25) is 0 Å². The standard InChI is InChI=1S/C17H19ClN2O3/c1-3-13-10-16(17(20(21)22)11-15(13)18)19-8-9-23-14-6-4-12(2)5-7-14/h4-7,10-11,19H,3,8-9H2,1-2H3. The molecule has 23 heavy (non-hydrogen) atoms. The van der Waals surface area contributed by atoms with Gasteiger partial charge in [-0.05, 0) is 37.1 Å². The third-order valence-corrected chi connectivity index (χ3v) is 3.80. The predicted octanol–water partition coefficient (Wildman–Crippen LogP) is 4.61. The second-order valence-corrected chi connectivity index (χ2v) is 5.57. The van der Waals surface area contributed by atoms with Crippen molar-refractivity contribution in [3.8, 4) is 5.75 Å². The Balaban J connectivity index is 1.99. The molecule has 0 aromatic heterocycles. The molecule has 1 N–H and O–H groups in total. The van der Waals surface area contributed by atoms with E-state index in [1.807, 2.05) is 38.1 Å². The van der Waals surface area contributed by atoms with Crippen LogP contribution in [0.15, 0.2) is 36.4 Å². The van der Waals surface area contributed by atoms with Gasteiger partial charge >= 0.3 is 0 Å². The zero-order valence-electron chi connectivity index (χ0n) is 13.1. The number of hydrogen-bond donors (Lipinski definition) is 1. The van der Waals surface area contributed by atoms with Gasteiger partial charge in [0.1, 0.15) is 18.0 Å². The highest BCUT2D eigenvalue weighted by Gasteiger charge is 2.16. The molecule has 0 aliphatic heterocycles. The third kappa shape index (κ3) is 4.60. The Morgan fingerprint density at radius 3 is 2.57 bits per heavy atom. The predicted molar refractivity (Wildman–Crippen MR) is 92.6 cm³/mol. The zero-order valence-corrected chi connectivity index (χ0v) is 13.9. The molecule has 0 atom stereocenters. The number of nitro benzene ring substituents is 1. The molecule has 0 heterocycles. The van der Waals surface area contributed by atoms with Crippen LogP contribution in [-0.2, 0) is 6.42 Å². The van der Waals surface area contributed by atoms with Crippen LogP contribution in [0.5, 0.6) is 5.75 Å². The van der Waals surface area contributed by atoms with Crippen molar-refractivity contribution >= 4 is 23.0 Å². The number of nitro groups is 1. The number of anilines is 1. The average molecular weight is 335 g/mol. The van der Waals surface area contributed by atoms with Gasteiger partial charge in [-0.3, -0.25) is 10.1 Å². The van der Waals surface area contributed by atoms with Crippen LogP contribution in [-0.4, -0.2) is 18.1 Å². The van der Waals surface area contributed by atoms with E-state index in [-0.39, 0.29) is 5.69 Å². The van der Waals surface area contributed by atoms with E-state index >= 15 is 0 Å². The Morgan fingerprint density at radius 2 is 1.96 bits per heavy atom. The molecule has 6 heteroatoms. The van der Waals surface area contributed by atoms with Crippen LogP contribution in [0, 0.1) is 17.0 Å². The highest BCUT2D eigenvalue weighted by atomic mass is 35.5. The fraction of sp³-hybridized carbons (Fsp3) is 0.294. The van der Waals surface area contributed by atoms with Gasteiger partial charge in [-0.15, -0.1) is 0 Å². The third-order valence-electron chi connectivity index (χ3n) is 3.45. The maximum Gasteiger partial charge on any atom is 0.293 e. The van der Waals surface area contributed by atoms with Gasteiger partial charge in [0.05, 0.1) is 9.95 Å². The van der Waals surface area contributed by atoms with E-state index in [1.165, 1.54) is 11.6 Å². The first-order valence-corrected chi connectivity index (χ1v) is 7.79. The highest BCUT2D eigenvalue weighted by Crippen LogP contribution is 2.31. The number of hydrogen-bond acceptors (Lipinski definition) is 4. The summed E-state index contributed by atoms with van der Waals surface area (Å²) in [6.45, 7) is 4.83. The monoisotopic (exact) mass is 334 g/mol. The van der Waals surface area contributed by atoms with E-state index in [0.717, 1.165) is 11.3 Å². The Kier molecular flexibility index (Phi) is 5.82. The van der Waals surface area contributed by atoms with Crippen LogP contribution in [0.4, 0.5) is 11.4 Å². The van der Waals surface area contributed by atoms with E-state index < -0.39 is 4.92 Å². The van der Waals surface area contributed by atoms with Crippen molar-refractivity contribution in [2.24, 2.45) is 0 Å². The minimum Gasteiger partial charge on any atom is -0.492 e. The Hall–Kier alpha value is -2.27. The van der Waals surface area contributed by atoms with E-state index in [9.17, 15) is 10.1 Å². The van der Waals surface area contributed by atoms with Crippen molar-refractivity contribution in [3.63, 3.8) is 0 Å². The minimum atomic E-state index is -0.436. The minimum absolute atomic E-state index is 0.0254. The van der Waals surface area contributed by atoms with Crippen LogP contribution in [0.1, 0.15) is 18.1 Å². The molecular weight excluding hydrogens is 316 g/mol. The largest absolute Gasteiger partial charge is 0.492 e. The number of nitrogens with zero attached hydrogens (tertiary/aromatic N) is 1. The molecule has 0 saturated carbocycles. The Morgan fingerprint density at radius 1 is 1.26 bits per heavy atom. The summed E-state index contributed by atoms with van der Waals surface area (Å²) in [5, 5.41) is 14.6. The Labute approximate surface area is 140 Å². The number of halogens is 1. The van der Waals surface area contributed by atoms with Gasteiger partial charge in [-0.2, -0.15) is 0 Å². The molecule has 0 bridgehead atoms. The summed E-state index contributed by atoms with van der Waals surface area (Å²) >= 11 is 6.04. The fourth-order valence-electron chi connectivity index (χ4n) is 2.16. The van der Waals surface area contributed by atoms with E-state index in [1.54, 1.807) is 6.07 Å². The second-order valence-electron chi connectivity index (χ2n) is 5.16. The summed E-state index contributed by atoms with van der Waals surface area (Å²) in [6, 6.07) is 10.9. The van der Waals surface area contributed by atoms with Crippen molar-refractivity contribution in [1.29, 1.82) is 0 Å². The van der Waals surface area contributed by atoms with Gasteiger partial charge in [-0.1, -0.05) is 36.2 Å². The molecule has 122 valence electrons. The lowest BCUT2D eigenvalue weighted by atomic mass is 10.1. The zero-order chi connectivity index (χ0) is 16.8. The van der Waals surface area contributed by atoms with E-state index in [4.69, 9.17) is 16.3 Å². The van der Waals surface area contributed by atoms with E-state index in [2.05, 4.69) is 5.32 Å². The lowest BCUT2D eigenvalue weighted by molar-refractivity contribution is -0.384. The molecule has 0 saturated heterocycles. The van der Waals surface area contributed by atoms with Crippen LogP contribution < -0.4 is 10.1 Å². The number of nitrogens with one attached hydrogen (secondary N) is 1. The van der Waals surface area contributed by atoms with Crippen molar-refractivity contribution in [2.75, 3.05) is 18.5 Å². The van der Waals surface area contributed by atoms with Crippen LogP contribution in [0.3, 0.4) is 0 Å². The maximum atomic E-state index is 11.1. The molecule has 0 radical (unpaired) electrons. The van der Waals surface area contributed by atoms with Gasteiger partial charge in [0, 0.05) is 12.6 Å². The van der Waals surface area contributed by atoms with E-state index in [0.29, 0.717) is 30.3 Å². The molecule has 2 rings (SSSR count). The number of ether oxygens (including phenoxy) is 1. The molecule has 0 unspecified atom stereocenters. The van der Waals surface area contributed by atoms with Gasteiger partial charge < -0.3 is 10.1 Å². The van der Waals surface area contributed by atoms with Gasteiger partial charge in [0.25, 0.3) is 5.69 Å². The van der Waals surface area contributed by atoms with Crippen LogP contribution in [0.2, 0.25) is 5.02 Å². The summed E-state index contributed by atoms with van der Waals surface area (Å²) in [4.78, 5) is 10.7. The molecule has 2 aromatic carbocycles. The summed E-state index contributed by atoms with van der Waals surface area (Å²) < 4.78 is 5.60. The van der Waals surface area contributed by atoms with Crippen molar-refractivity contribution in [1.82, 2.24) is 0 Å². The first-order valence-electron chi connectivity index (χ1n) is 7.41. The number of aryl methyl sites for hydroxylation is 2. The van der Waals surface area contributed by atoms with Crippen molar-refractivity contribution in [2.45, 2.75) is 20.3 Å². The van der Waals surface area contributed by atoms with Gasteiger partial charge in [0.15, 0.2) is 0 Å². The first kappa shape index (κ1) is 17.1. The van der Waals surface area contributed by atoms with Crippen LogP contribution >= 0.6 is 11.6 Å². The van der Waals surface area contributed by atoms with Crippen LogP contribution in [0.25, 0.3) is 0 Å². The maximum absolute atomic E-state index is 11.1. The molecule has 5 nitrogen and oxygen atoms in total. The molecule has 2 aromatic rings. The van der Waals surface area contributed by atoms with Crippen molar-refractivity contribution in [3.05, 3.63) is 62.7 Å². The average Bonchev–Trinajstić information content (AvgIpc) is 2.53. The quantitative estimate of drug-likeness (QED) is 0.456. The summed E-state index contributed by atoms with van der Waals surface area (Å²) in [7, 11) is 0. The molecule has 0 spiro atoms. The first-order chi connectivity index (χ1) is 11.0. The second kappa shape index (κ2) is 7.83. The summed E-state index contributed by atoms with van der Waals surface area (Å²) in [5.74, 6) is 0.775. The summed E-state index contributed by atoms with van der Waals surface area (Å²) in [6.07, 6.45) is 0.714. The lowest BCUT2D eigenvalue weighted by Crippen LogP contribution is -2.12. The lowest BCUT2D eigenvalue weighted by Gasteiger charge is -2.11. The fourth-order valence-corrected chi connectivity index (χ4v) is 2.45. The molecular formula is C17H19ClN2O3. The topological polar surface area (TPSA) is 64.4 Å². The highest BCUT2D eigenvalue weighted by molar-refractivity contribution is 6.31. The van der Waals surface area contributed by atoms with Crippen molar-refractivity contribution < 1.29 is 9.66 Å². The molecule has 0 fully saturated rings. The normalized spacial score (nSPS) is 10.4.